The van der Waals surface area contributed by atoms with Gasteiger partial charge < -0.3 is 9.88 Å². The molecule has 116 valence electrons. The minimum Gasteiger partial charge on any atom is -0.347 e. The number of likely N-dealkylation sites (tertiary alicyclic amines) is 1. The number of hydrogen-bond donors (Lipinski definition) is 1. The molecule has 2 heterocycles. The van der Waals surface area contributed by atoms with E-state index in [1.165, 1.54) is 5.56 Å². The van der Waals surface area contributed by atoms with Gasteiger partial charge in [0.2, 0.25) is 0 Å². The van der Waals surface area contributed by atoms with Gasteiger partial charge in [0, 0.05) is 30.3 Å². The Hall–Kier alpha value is -1.75. The van der Waals surface area contributed by atoms with Crippen LogP contribution in [0.25, 0.3) is 0 Å². The first-order chi connectivity index (χ1) is 10.8. The van der Waals surface area contributed by atoms with Gasteiger partial charge in [-0.05, 0) is 36.3 Å². The summed E-state index contributed by atoms with van der Waals surface area (Å²) in [4.78, 5) is 22.2. The van der Waals surface area contributed by atoms with E-state index in [2.05, 4.69) is 29.0 Å². The first kappa shape index (κ1) is 15.2. The number of aromatic amines is 1. The van der Waals surface area contributed by atoms with Crippen molar-refractivity contribution in [2.24, 2.45) is 0 Å². The maximum atomic E-state index is 12.8. The van der Waals surface area contributed by atoms with Crippen molar-refractivity contribution < 1.29 is 4.79 Å². The number of hydrogen-bond acceptors (Lipinski definition) is 3. The molecule has 0 bridgehead atoms. The van der Waals surface area contributed by atoms with Crippen molar-refractivity contribution in [1.29, 1.82) is 0 Å². The van der Waals surface area contributed by atoms with Gasteiger partial charge in [-0.3, -0.25) is 4.79 Å². The molecule has 0 aliphatic carbocycles. The highest BCUT2D eigenvalue weighted by atomic mass is 32.2. The first-order valence-electron chi connectivity index (χ1n) is 7.76. The molecule has 1 atom stereocenters. The third kappa shape index (κ3) is 3.19. The molecule has 2 aromatic rings. The Morgan fingerprint density at radius 3 is 2.91 bits per heavy atom. The van der Waals surface area contributed by atoms with Crippen LogP contribution in [0.15, 0.2) is 36.7 Å². The van der Waals surface area contributed by atoms with Crippen molar-refractivity contribution in [2.45, 2.75) is 31.6 Å². The average Bonchev–Trinajstić information content (AvgIpc) is 3.23. The summed E-state index contributed by atoms with van der Waals surface area (Å²) in [5, 5.41) is 0. The number of imidazole rings is 1. The number of benzene rings is 1. The normalized spacial score (nSPS) is 17.9. The molecule has 4 nitrogen and oxygen atoms in total. The monoisotopic (exact) mass is 315 g/mol. The predicted octanol–water partition coefficient (Wildman–Crippen LogP) is 3.64. The summed E-state index contributed by atoms with van der Waals surface area (Å²) in [7, 11) is 0. The van der Waals surface area contributed by atoms with Crippen LogP contribution >= 0.6 is 11.8 Å². The fraction of sp³-hybridized carbons (Fsp3) is 0.412. The second-order valence-corrected chi connectivity index (χ2v) is 6.74. The Labute approximate surface area is 135 Å². The summed E-state index contributed by atoms with van der Waals surface area (Å²) >= 11 is 1.89. The van der Waals surface area contributed by atoms with Gasteiger partial charge in [0.25, 0.3) is 5.91 Å². The van der Waals surface area contributed by atoms with E-state index in [0.717, 1.165) is 42.3 Å². The van der Waals surface area contributed by atoms with E-state index in [4.69, 9.17) is 0 Å². The van der Waals surface area contributed by atoms with Crippen LogP contribution < -0.4 is 0 Å². The van der Waals surface area contributed by atoms with Crippen LogP contribution in [0.3, 0.4) is 0 Å². The second kappa shape index (κ2) is 7.01. The van der Waals surface area contributed by atoms with Gasteiger partial charge in [-0.1, -0.05) is 19.1 Å². The highest BCUT2D eigenvalue weighted by Crippen LogP contribution is 2.31. The zero-order valence-electron chi connectivity index (χ0n) is 12.8. The summed E-state index contributed by atoms with van der Waals surface area (Å²) in [6, 6.07) is 8.11. The Kier molecular flexibility index (Phi) is 4.83. The lowest BCUT2D eigenvalue weighted by Crippen LogP contribution is -2.31. The lowest BCUT2D eigenvalue weighted by molar-refractivity contribution is 0.0730. The maximum Gasteiger partial charge on any atom is 0.254 e. The maximum absolute atomic E-state index is 12.8. The molecule has 5 heteroatoms. The molecule has 0 unspecified atom stereocenters. The van der Waals surface area contributed by atoms with Gasteiger partial charge >= 0.3 is 0 Å². The van der Waals surface area contributed by atoms with E-state index in [1.807, 2.05) is 35.0 Å². The van der Waals surface area contributed by atoms with E-state index < -0.39 is 0 Å². The average molecular weight is 315 g/mol. The molecule has 1 aromatic heterocycles. The zero-order valence-corrected chi connectivity index (χ0v) is 13.6. The molecule has 1 aliphatic heterocycles. The molecule has 1 aliphatic rings. The third-order valence-electron chi connectivity index (χ3n) is 4.02. The molecule has 1 N–H and O–H groups in total. The van der Waals surface area contributed by atoms with Crippen LogP contribution in [0, 0.1) is 0 Å². The zero-order chi connectivity index (χ0) is 15.4. The quantitative estimate of drug-likeness (QED) is 0.916. The molecule has 22 heavy (non-hydrogen) atoms. The number of thioether (sulfide) groups is 1. The molecule has 1 fully saturated rings. The van der Waals surface area contributed by atoms with Crippen LogP contribution in [0.4, 0.5) is 0 Å². The van der Waals surface area contributed by atoms with E-state index in [1.54, 1.807) is 6.20 Å². The van der Waals surface area contributed by atoms with Crippen molar-refractivity contribution in [3.05, 3.63) is 53.6 Å². The van der Waals surface area contributed by atoms with E-state index in [9.17, 15) is 4.79 Å². The topological polar surface area (TPSA) is 49.0 Å². The van der Waals surface area contributed by atoms with Gasteiger partial charge in [0.05, 0.1) is 6.04 Å². The Bertz CT molecular complexity index is 609. The lowest BCUT2D eigenvalue weighted by Gasteiger charge is -2.23. The summed E-state index contributed by atoms with van der Waals surface area (Å²) in [5.41, 5.74) is 2.04. The summed E-state index contributed by atoms with van der Waals surface area (Å²) in [6.07, 6.45) is 5.57. The SMILES string of the molecule is CCSCc1ccc(C(=O)N2CCC[C@@H]2c2ncc[nH]2)cc1. The molecule has 3 rings (SSSR count). The minimum absolute atomic E-state index is 0.0813. The van der Waals surface area contributed by atoms with Gasteiger partial charge in [0.15, 0.2) is 0 Å². The smallest absolute Gasteiger partial charge is 0.254 e. The number of rotatable bonds is 5. The Balaban J connectivity index is 1.72. The fourth-order valence-corrected chi connectivity index (χ4v) is 3.52. The largest absolute Gasteiger partial charge is 0.347 e. The first-order valence-corrected chi connectivity index (χ1v) is 8.92. The molecule has 1 saturated heterocycles. The number of nitrogens with one attached hydrogen (secondary N) is 1. The van der Waals surface area contributed by atoms with Crippen LogP contribution in [0.2, 0.25) is 0 Å². The number of H-pyrrole nitrogens is 1. The van der Waals surface area contributed by atoms with Crippen LogP contribution in [0.5, 0.6) is 0 Å². The Morgan fingerprint density at radius 1 is 1.41 bits per heavy atom. The minimum atomic E-state index is 0.0813. The van der Waals surface area contributed by atoms with Gasteiger partial charge in [-0.25, -0.2) is 4.98 Å². The van der Waals surface area contributed by atoms with Crippen LogP contribution in [0.1, 0.15) is 47.6 Å². The standard InChI is InChI=1S/C17H21N3OS/c1-2-22-12-13-5-7-14(8-6-13)17(21)20-11-3-4-15(20)16-18-9-10-19-16/h5-10,15H,2-4,11-12H2,1H3,(H,18,19)/t15-/m1/s1. The van der Waals surface area contributed by atoms with Gasteiger partial charge in [-0.15, -0.1) is 0 Å². The summed E-state index contributed by atoms with van der Waals surface area (Å²) in [5.74, 6) is 3.11. The van der Waals surface area contributed by atoms with Crippen molar-refractivity contribution in [2.75, 3.05) is 12.3 Å². The fourth-order valence-electron chi connectivity index (χ4n) is 2.88. The predicted molar refractivity (Wildman–Crippen MR) is 89.9 cm³/mol. The summed E-state index contributed by atoms with van der Waals surface area (Å²) in [6.45, 7) is 2.96. The third-order valence-corrected chi connectivity index (χ3v) is 4.97. The molecule has 0 saturated carbocycles. The molecular formula is C17H21N3OS. The number of amides is 1. The van der Waals surface area contributed by atoms with Crippen LogP contribution in [-0.2, 0) is 5.75 Å². The number of nitrogens with zero attached hydrogens (tertiary/aromatic N) is 2. The van der Waals surface area contributed by atoms with E-state index in [-0.39, 0.29) is 11.9 Å². The van der Waals surface area contributed by atoms with E-state index in [0.29, 0.717) is 0 Å². The molecule has 0 spiro atoms. The van der Waals surface area contributed by atoms with Crippen molar-refractivity contribution in [3.8, 4) is 0 Å². The van der Waals surface area contributed by atoms with Gasteiger partial charge in [0.1, 0.15) is 5.82 Å². The second-order valence-electron chi connectivity index (χ2n) is 5.47. The van der Waals surface area contributed by atoms with Crippen molar-refractivity contribution >= 4 is 17.7 Å². The van der Waals surface area contributed by atoms with Crippen molar-refractivity contribution in [1.82, 2.24) is 14.9 Å². The van der Waals surface area contributed by atoms with Gasteiger partial charge in [-0.2, -0.15) is 11.8 Å². The molecule has 1 amide bonds. The highest BCUT2D eigenvalue weighted by Gasteiger charge is 2.31. The lowest BCUT2D eigenvalue weighted by atomic mass is 10.1. The molecule has 0 radical (unpaired) electrons. The molecular weight excluding hydrogens is 294 g/mol. The Morgan fingerprint density at radius 2 is 2.23 bits per heavy atom. The number of carbonyl (C=O) groups excluding carboxylic acids is 1. The molecule has 1 aromatic carbocycles. The summed E-state index contributed by atoms with van der Waals surface area (Å²) < 4.78 is 0. The van der Waals surface area contributed by atoms with E-state index >= 15 is 0 Å². The highest BCUT2D eigenvalue weighted by molar-refractivity contribution is 7.98. The van der Waals surface area contributed by atoms with Crippen LogP contribution in [-0.4, -0.2) is 33.1 Å². The number of carbonyl (C=O) groups is 1. The number of aromatic nitrogens is 2. The van der Waals surface area contributed by atoms with Crippen molar-refractivity contribution in [3.63, 3.8) is 0 Å².